The summed E-state index contributed by atoms with van der Waals surface area (Å²) < 4.78 is 9.35. The number of fused-ring (bicyclic) bond motifs is 7. The van der Waals surface area contributed by atoms with Gasteiger partial charge >= 0.3 is 0 Å². The van der Waals surface area contributed by atoms with Crippen LogP contribution in [0.4, 0.5) is 22.7 Å². The highest BCUT2D eigenvalue weighted by Gasteiger charge is 2.34. The summed E-state index contributed by atoms with van der Waals surface area (Å²) in [6, 6.07) is 71.9. The molecule has 6 heteroatoms. The molecule has 2 aliphatic heterocycles. The van der Waals surface area contributed by atoms with Gasteiger partial charge in [-0.05, 0) is 100.0 Å². The van der Waals surface area contributed by atoms with Gasteiger partial charge in [0.05, 0.1) is 22.4 Å². The second kappa shape index (κ2) is 14.9. The minimum absolute atomic E-state index is 0.109. The number of pyridine rings is 1. The second-order valence-corrected chi connectivity index (χ2v) is 18.1. The lowest BCUT2D eigenvalue weighted by Gasteiger charge is -2.26. The molecule has 0 saturated heterocycles. The van der Waals surface area contributed by atoms with Crippen molar-refractivity contribution in [2.75, 3.05) is 16.5 Å². The SMILES string of the molecule is CC(C)(C)c1cc(Oc2ccc3c4cc(-c5ccccc5)ccc4n(-c4cc5c(cn4)-c4ccccc4B5c4ccccc4)c3c2)cc(N2CN(c3ccccc3)c3ccccc32)c1. The molecule has 2 aliphatic rings. The lowest BCUT2D eigenvalue weighted by Crippen LogP contribution is -2.48. The zero-order chi connectivity index (χ0) is 42.9. The van der Waals surface area contributed by atoms with E-state index in [1.165, 1.54) is 66.7 Å². The van der Waals surface area contributed by atoms with Crippen molar-refractivity contribution in [1.29, 1.82) is 0 Å². The lowest BCUT2D eigenvalue weighted by atomic mass is 9.39. The van der Waals surface area contributed by atoms with Crippen LogP contribution in [0.15, 0.2) is 206 Å². The fourth-order valence-corrected chi connectivity index (χ4v) is 9.96. The van der Waals surface area contributed by atoms with Crippen LogP contribution in [0.1, 0.15) is 26.3 Å². The summed E-state index contributed by atoms with van der Waals surface area (Å²) in [6.07, 6.45) is 2.08. The maximum absolute atomic E-state index is 7.02. The van der Waals surface area contributed by atoms with E-state index in [1.54, 1.807) is 0 Å². The van der Waals surface area contributed by atoms with Crippen molar-refractivity contribution in [2.24, 2.45) is 0 Å². The number of ether oxygens (including phenoxy) is 1. The van der Waals surface area contributed by atoms with E-state index in [1.807, 2.05) is 0 Å². The van der Waals surface area contributed by atoms with Crippen LogP contribution in [-0.2, 0) is 5.41 Å². The van der Waals surface area contributed by atoms with Gasteiger partial charge in [-0.1, -0.05) is 158 Å². The van der Waals surface area contributed by atoms with E-state index in [-0.39, 0.29) is 12.1 Å². The number of para-hydroxylation sites is 3. The molecule has 306 valence electrons. The molecule has 0 saturated carbocycles. The van der Waals surface area contributed by atoms with E-state index in [0.717, 1.165) is 39.4 Å². The second-order valence-electron chi connectivity index (χ2n) is 18.1. The number of benzene rings is 8. The van der Waals surface area contributed by atoms with Crippen LogP contribution < -0.4 is 30.9 Å². The molecule has 10 aromatic rings. The monoisotopic (exact) mass is 824 g/mol. The summed E-state index contributed by atoms with van der Waals surface area (Å²) >= 11 is 0. The number of nitrogens with zero attached hydrogens (tertiary/aromatic N) is 4. The Morgan fingerprint density at radius 1 is 0.500 bits per heavy atom. The molecule has 12 rings (SSSR count). The predicted molar refractivity (Wildman–Crippen MR) is 268 cm³/mol. The third-order valence-electron chi connectivity index (χ3n) is 13.1. The normalized spacial score (nSPS) is 13.1. The van der Waals surface area contributed by atoms with E-state index in [9.17, 15) is 0 Å². The Balaban J connectivity index is 0.998. The van der Waals surface area contributed by atoms with Crippen LogP contribution in [0.3, 0.4) is 0 Å². The molecular weight excluding hydrogens is 779 g/mol. The van der Waals surface area contributed by atoms with Crippen LogP contribution in [-0.4, -0.2) is 22.9 Å². The predicted octanol–water partition coefficient (Wildman–Crippen LogP) is 12.7. The Morgan fingerprint density at radius 3 is 1.95 bits per heavy atom. The summed E-state index contributed by atoms with van der Waals surface area (Å²) in [4.78, 5) is 10.0. The summed E-state index contributed by atoms with van der Waals surface area (Å²) in [5.41, 5.74) is 16.5. The first-order valence-corrected chi connectivity index (χ1v) is 22.2. The molecule has 4 heterocycles. The molecule has 0 radical (unpaired) electrons. The average Bonchev–Trinajstić information content (AvgIpc) is 3.99. The fourth-order valence-electron chi connectivity index (χ4n) is 9.96. The molecule has 8 aromatic carbocycles. The van der Waals surface area contributed by atoms with Crippen molar-refractivity contribution in [1.82, 2.24) is 9.55 Å². The highest BCUT2D eigenvalue weighted by Crippen LogP contribution is 2.46. The molecule has 0 aliphatic carbocycles. The van der Waals surface area contributed by atoms with Crippen molar-refractivity contribution in [3.63, 3.8) is 0 Å². The maximum atomic E-state index is 7.02. The molecule has 5 nitrogen and oxygen atoms in total. The molecular formula is C58H45BN4O. The smallest absolute Gasteiger partial charge is 0.243 e. The Hall–Kier alpha value is -7.83. The number of aromatic nitrogens is 2. The van der Waals surface area contributed by atoms with Crippen LogP contribution in [0, 0.1) is 0 Å². The summed E-state index contributed by atoms with van der Waals surface area (Å²) in [7, 11) is 0. The number of hydrogen-bond donors (Lipinski definition) is 0. The van der Waals surface area contributed by atoms with Crippen molar-refractivity contribution >= 4 is 67.7 Å². The van der Waals surface area contributed by atoms with E-state index in [4.69, 9.17) is 9.72 Å². The first kappa shape index (κ1) is 37.9. The number of hydrogen-bond acceptors (Lipinski definition) is 4. The molecule has 64 heavy (non-hydrogen) atoms. The van der Waals surface area contributed by atoms with Gasteiger partial charge in [0, 0.05) is 40.5 Å². The number of rotatable bonds is 7. The largest absolute Gasteiger partial charge is 0.457 e. The Bertz CT molecular complexity index is 3390. The van der Waals surface area contributed by atoms with Gasteiger partial charge in [0.15, 0.2) is 0 Å². The van der Waals surface area contributed by atoms with Crippen molar-refractivity contribution in [2.45, 2.75) is 26.2 Å². The average molecular weight is 825 g/mol. The quantitative estimate of drug-likeness (QED) is 0.150. The van der Waals surface area contributed by atoms with E-state index >= 15 is 0 Å². The highest BCUT2D eigenvalue weighted by molar-refractivity contribution is 6.99. The lowest BCUT2D eigenvalue weighted by molar-refractivity contribution is 0.479. The molecule has 0 fully saturated rings. The third kappa shape index (κ3) is 6.36. The third-order valence-corrected chi connectivity index (χ3v) is 13.1. The van der Waals surface area contributed by atoms with E-state index in [2.05, 4.69) is 242 Å². The summed E-state index contributed by atoms with van der Waals surface area (Å²) in [5.74, 6) is 2.44. The Labute approximate surface area is 374 Å². The minimum Gasteiger partial charge on any atom is -0.457 e. The number of anilines is 4. The topological polar surface area (TPSA) is 33.5 Å². The van der Waals surface area contributed by atoms with Crippen LogP contribution >= 0.6 is 0 Å². The van der Waals surface area contributed by atoms with Gasteiger partial charge < -0.3 is 14.5 Å². The highest BCUT2D eigenvalue weighted by atomic mass is 16.5. The van der Waals surface area contributed by atoms with E-state index < -0.39 is 0 Å². The van der Waals surface area contributed by atoms with Gasteiger partial charge in [0.25, 0.3) is 0 Å². The van der Waals surface area contributed by atoms with Gasteiger partial charge in [-0.2, -0.15) is 0 Å². The Kier molecular flexibility index (Phi) is 8.84. The molecule has 0 bridgehead atoms. The molecule has 0 atom stereocenters. The molecule has 0 unspecified atom stereocenters. The zero-order valence-electron chi connectivity index (χ0n) is 36.1. The van der Waals surface area contributed by atoms with Crippen LogP contribution in [0.2, 0.25) is 0 Å². The molecule has 0 N–H and O–H groups in total. The van der Waals surface area contributed by atoms with Crippen molar-refractivity contribution < 1.29 is 4.74 Å². The zero-order valence-corrected chi connectivity index (χ0v) is 36.1. The first-order valence-electron chi connectivity index (χ1n) is 22.2. The van der Waals surface area contributed by atoms with Gasteiger partial charge in [-0.15, -0.1) is 0 Å². The van der Waals surface area contributed by atoms with E-state index in [0.29, 0.717) is 6.67 Å². The van der Waals surface area contributed by atoms with Crippen LogP contribution in [0.25, 0.3) is 49.9 Å². The first-order chi connectivity index (χ1) is 31.4. The standard InChI is InChI=1S/C58H45BN4O/c1-58(2,3)41-32-44(62-38-61(43-21-11-6-12-22-43)54-25-15-16-26-55(54)62)34-46(33-41)64-45-28-29-48-49-31-40(39-17-7-4-8-18-39)27-30-53(49)63(56(48)35-45)57-36-52-50(37-60-57)47-23-13-14-24-51(47)59(52)42-19-9-5-10-20-42/h4-37H,38H2,1-3H3. The van der Waals surface area contributed by atoms with Gasteiger partial charge in [0.1, 0.15) is 24.0 Å². The van der Waals surface area contributed by atoms with Crippen molar-refractivity contribution in [3.8, 4) is 39.6 Å². The maximum Gasteiger partial charge on any atom is 0.243 e. The fraction of sp³-hybridized carbons (Fsp3) is 0.0862. The Morgan fingerprint density at radius 2 is 1.19 bits per heavy atom. The van der Waals surface area contributed by atoms with Crippen molar-refractivity contribution in [3.05, 3.63) is 212 Å². The van der Waals surface area contributed by atoms with Crippen LogP contribution in [0.5, 0.6) is 11.5 Å². The van der Waals surface area contributed by atoms with Gasteiger partial charge in [0.2, 0.25) is 6.71 Å². The molecule has 0 spiro atoms. The minimum atomic E-state index is -0.115. The summed E-state index contributed by atoms with van der Waals surface area (Å²) in [5, 5.41) is 2.31. The summed E-state index contributed by atoms with van der Waals surface area (Å²) in [6.45, 7) is 7.60. The van der Waals surface area contributed by atoms with Gasteiger partial charge in [-0.25, -0.2) is 4.98 Å². The molecule has 2 aromatic heterocycles. The molecule has 0 amide bonds. The van der Waals surface area contributed by atoms with Gasteiger partial charge in [-0.3, -0.25) is 4.57 Å².